The van der Waals surface area contributed by atoms with Crippen LogP contribution in [0, 0.1) is 5.41 Å². The second-order valence-electron chi connectivity index (χ2n) is 5.93. The lowest BCUT2D eigenvalue weighted by Gasteiger charge is -2.43. The number of nitrogens with one attached hydrogen (secondary N) is 1. The van der Waals surface area contributed by atoms with Gasteiger partial charge in [0, 0.05) is 13.1 Å². The maximum Gasteiger partial charge on any atom is 0.00234 e. The highest BCUT2D eigenvalue weighted by Gasteiger charge is 2.35. The number of hydrogen-bond donors (Lipinski definition) is 1. The molecule has 1 aromatic carbocycles. The minimum absolute atomic E-state index is 0.563. The average molecular weight is 245 g/mol. The first-order valence-electron chi connectivity index (χ1n) is 7.59. The van der Waals surface area contributed by atoms with E-state index in [4.69, 9.17) is 0 Å². The summed E-state index contributed by atoms with van der Waals surface area (Å²) >= 11 is 0. The van der Waals surface area contributed by atoms with Gasteiger partial charge in [-0.15, -0.1) is 0 Å². The zero-order valence-electron chi connectivity index (χ0n) is 11.8. The van der Waals surface area contributed by atoms with Crippen LogP contribution in [-0.2, 0) is 6.42 Å². The molecule has 0 bridgehead atoms. The van der Waals surface area contributed by atoms with Crippen molar-refractivity contribution >= 4 is 0 Å². The molecule has 0 aliphatic carbocycles. The molecule has 100 valence electrons. The molecule has 1 saturated heterocycles. The fourth-order valence-electron chi connectivity index (χ4n) is 3.00. The number of hydrogen-bond acceptors (Lipinski definition) is 1. The number of unbranched alkanes of at least 4 members (excludes halogenated alkanes) is 4. The number of rotatable bonds is 8. The van der Waals surface area contributed by atoms with Gasteiger partial charge in [0.2, 0.25) is 0 Å². The lowest BCUT2D eigenvalue weighted by atomic mass is 9.72. The van der Waals surface area contributed by atoms with Crippen LogP contribution in [0.25, 0.3) is 0 Å². The van der Waals surface area contributed by atoms with Gasteiger partial charge < -0.3 is 5.32 Å². The summed E-state index contributed by atoms with van der Waals surface area (Å²) < 4.78 is 0. The van der Waals surface area contributed by atoms with Crippen LogP contribution < -0.4 is 5.32 Å². The highest BCUT2D eigenvalue weighted by atomic mass is 15.0. The van der Waals surface area contributed by atoms with Gasteiger partial charge in [-0.05, 0) is 23.8 Å². The quantitative estimate of drug-likeness (QED) is 0.678. The van der Waals surface area contributed by atoms with Crippen LogP contribution in [-0.4, -0.2) is 13.1 Å². The third-order valence-corrected chi connectivity index (χ3v) is 4.23. The summed E-state index contributed by atoms with van der Waals surface area (Å²) in [7, 11) is 0. The fraction of sp³-hybridized carbons (Fsp3) is 0.647. The Balaban J connectivity index is 1.76. The van der Waals surface area contributed by atoms with E-state index < -0.39 is 0 Å². The Morgan fingerprint density at radius 3 is 2.33 bits per heavy atom. The Kier molecular flexibility index (Phi) is 5.25. The highest BCUT2D eigenvalue weighted by Crippen LogP contribution is 2.33. The molecule has 0 unspecified atom stereocenters. The van der Waals surface area contributed by atoms with Crippen molar-refractivity contribution in [3.05, 3.63) is 35.9 Å². The zero-order chi connectivity index (χ0) is 12.7. The molecule has 0 atom stereocenters. The second-order valence-corrected chi connectivity index (χ2v) is 5.93. The standard InChI is InChI=1S/C17H27N/c1-2-3-4-5-9-12-17(14-18-15-17)13-16-10-7-6-8-11-16/h6-8,10-11,18H,2-5,9,12-15H2,1H3. The van der Waals surface area contributed by atoms with Crippen LogP contribution in [0.3, 0.4) is 0 Å². The Labute approximate surface area is 112 Å². The van der Waals surface area contributed by atoms with Crippen LogP contribution in [0.5, 0.6) is 0 Å². The van der Waals surface area contributed by atoms with Gasteiger partial charge in [-0.25, -0.2) is 0 Å². The van der Waals surface area contributed by atoms with E-state index in [1.54, 1.807) is 0 Å². The van der Waals surface area contributed by atoms with Crippen molar-refractivity contribution in [3.8, 4) is 0 Å². The van der Waals surface area contributed by atoms with E-state index in [1.807, 2.05) is 0 Å². The third-order valence-electron chi connectivity index (χ3n) is 4.23. The van der Waals surface area contributed by atoms with E-state index in [1.165, 1.54) is 63.6 Å². The minimum atomic E-state index is 0.563. The minimum Gasteiger partial charge on any atom is -0.316 e. The topological polar surface area (TPSA) is 12.0 Å². The maximum absolute atomic E-state index is 3.47. The van der Waals surface area contributed by atoms with Crippen molar-refractivity contribution in [3.63, 3.8) is 0 Å². The van der Waals surface area contributed by atoms with Crippen molar-refractivity contribution in [2.75, 3.05) is 13.1 Å². The molecule has 0 aromatic heterocycles. The Hall–Kier alpha value is -0.820. The summed E-state index contributed by atoms with van der Waals surface area (Å²) in [6.07, 6.45) is 9.66. The lowest BCUT2D eigenvalue weighted by molar-refractivity contribution is 0.147. The highest BCUT2D eigenvalue weighted by molar-refractivity contribution is 5.18. The molecule has 1 heterocycles. The van der Waals surface area contributed by atoms with E-state index in [2.05, 4.69) is 42.6 Å². The Morgan fingerprint density at radius 1 is 1.00 bits per heavy atom. The Bertz CT molecular complexity index is 327. The van der Waals surface area contributed by atoms with Crippen LogP contribution in [0.1, 0.15) is 51.0 Å². The molecule has 1 N–H and O–H groups in total. The monoisotopic (exact) mass is 245 g/mol. The maximum atomic E-state index is 3.47. The van der Waals surface area contributed by atoms with Crippen molar-refractivity contribution < 1.29 is 0 Å². The van der Waals surface area contributed by atoms with Crippen molar-refractivity contribution in [1.82, 2.24) is 5.32 Å². The molecule has 0 saturated carbocycles. The van der Waals surface area contributed by atoms with Crippen molar-refractivity contribution in [2.24, 2.45) is 5.41 Å². The molecule has 1 fully saturated rings. The second kappa shape index (κ2) is 6.94. The van der Waals surface area contributed by atoms with E-state index in [0.29, 0.717) is 5.41 Å². The molecule has 0 radical (unpaired) electrons. The summed E-state index contributed by atoms with van der Waals surface area (Å²) in [5.74, 6) is 0. The summed E-state index contributed by atoms with van der Waals surface area (Å²) in [6.45, 7) is 4.72. The van der Waals surface area contributed by atoms with Gasteiger partial charge in [-0.2, -0.15) is 0 Å². The molecular weight excluding hydrogens is 218 g/mol. The molecule has 1 nitrogen and oxygen atoms in total. The third kappa shape index (κ3) is 3.84. The predicted molar refractivity (Wildman–Crippen MR) is 78.8 cm³/mol. The molecule has 1 aliphatic heterocycles. The van der Waals surface area contributed by atoms with Crippen LogP contribution in [0.15, 0.2) is 30.3 Å². The summed E-state index contributed by atoms with van der Waals surface area (Å²) in [4.78, 5) is 0. The van der Waals surface area contributed by atoms with Gasteiger partial charge in [0.1, 0.15) is 0 Å². The van der Waals surface area contributed by atoms with Gasteiger partial charge in [-0.1, -0.05) is 69.4 Å². The van der Waals surface area contributed by atoms with Gasteiger partial charge in [0.25, 0.3) is 0 Å². The summed E-state index contributed by atoms with van der Waals surface area (Å²) in [5.41, 5.74) is 2.07. The van der Waals surface area contributed by atoms with E-state index in [9.17, 15) is 0 Å². The van der Waals surface area contributed by atoms with Gasteiger partial charge in [-0.3, -0.25) is 0 Å². The predicted octanol–water partition coefficient (Wildman–Crippen LogP) is 4.18. The van der Waals surface area contributed by atoms with Crippen molar-refractivity contribution in [1.29, 1.82) is 0 Å². The molecular formula is C17H27N. The van der Waals surface area contributed by atoms with Crippen LogP contribution >= 0.6 is 0 Å². The molecule has 0 spiro atoms. The van der Waals surface area contributed by atoms with Gasteiger partial charge in [0.05, 0.1) is 0 Å². The molecule has 18 heavy (non-hydrogen) atoms. The normalized spacial score (nSPS) is 17.4. The van der Waals surface area contributed by atoms with E-state index >= 15 is 0 Å². The summed E-state index contributed by atoms with van der Waals surface area (Å²) in [6, 6.07) is 11.0. The average Bonchev–Trinajstić information content (AvgIpc) is 2.36. The first-order valence-corrected chi connectivity index (χ1v) is 7.59. The smallest absolute Gasteiger partial charge is 0.00234 e. The largest absolute Gasteiger partial charge is 0.316 e. The van der Waals surface area contributed by atoms with Crippen LogP contribution in [0.2, 0.25) is 0 Å². The van der Waals surface area contributed by atoms with Crippen LogP contribution in [0.4, 0.5) is 0 Å². The first kappa shape index (κ1) is 13.6. The lowest BCUT2D eigenvalue weighted by Crippen LogP contribution is -2.54. The first-order chi connectivity index (χ1) is 8.85. The molecule has 2 rings (SSSR count). The van der Waals surface area contributed by atoms with E-state index in [0.717, 1.165) is 0 Å². The number of benzene rings is 1. The van der Waals surface area contributed by atoms with Gasteiger partial charge >= 0.3 is 0 Å². The summed E-state index contributed by atoms with van der Waals surface area (Å²) in [5, 5.41) is 3.47. The molecule has 1 aliphatic rings. The molecule has 0 amide bonds. The molecule has 1 aromatic rings. The van der Waals surface area contributed by atoms with Crippen molar-refractivity contribution in [2.45, 2.75) is 51.9 Å². The fourth-order valence-corrected chi connectivity index (χ4v) is 3.00. The Morgan fingerprint density at radius 2 is 1.72 bits per heavy atom. The SMILES string of the molecule is CCCCCCCC1(Cc2ccccc2)CNC1. The van der Waals surface area contributed by atoms with E-state index in [-0.39, 0.29) is 0 Å². The van der Waals surface area contributed by atoms with Gasteiger partial charge in [0.15, 0.2) is 0 Å². The molecule has 1 heteroatoms. The zero-order valence-corrected chi connectivity index (χ0v) is 11.8.